The molecular formula is C14H10FN3. The highest BCUT2D eigenvalue weighted by Crippen LogP contribution is 2.28. The van der Waals surface area contributed by atoms with Crippen LogP contribution in [-0.2, 0) is 0 Å². The number of halogens is 1. The van der Waals surface area contributed by atoms with Crippen LogP contribution in [0.25, 0.3) is 22.2 Å². The predicted octanol–water partition coefficient (Wildman–Crippen LogP) is 3.02. The Balaban J connectivity index is 2.41. The quantitative estimate of drug-likeness (QED) is 0.710. The smallest absolute Gasteiger partial charge is 0.221 e. The summed E-state index contributed by atoms with van der Waals surface area (Å²) in [5, 5.41) is 0.401. The van der Waals surface area contributed by atoms with E-state index in [2.05, 4.69) is 9.97 Å². The minimum absolute atomic E-state index is 0.145. The first-order chi connectivity index (χ1) is 8.75. The maximum atomic E-state index is 13.9. The van der Waals surface area contributed by atoms with Crippen molar-refractivity contribution in [3.63, 3.8) is 0 Å². The van der Waals surface area contributed by atoms with Gasteiger partial charge in [-0.25, -0.2) is 14.4 Å². The van der Waals surface area contributed by atoms with Gasteiger partial charge in [-0.1, -0.05) is 36.4 Å². The Labute approximate surface area is 103 Å². The molecule has 0 spiro atoms. The minimum atomic E-state index is -0.341. The zero-order valence-corrected chi connectivity index (χ0v) is 9.47. The molecule has 0 bridgehead atoms. The van der Waals surface area contributed by atoms with E-state index in [0.717, 1.165) is 5.56 Å². The maximum absolute atomic E-state index is 13.9. The Morgan fingerprint density at radius 1 is 0.889 bits per heavy atom. The van der Waals surface area contributed by atoms with Gasteiger partial charge in [0, 0.05) is 5.56 Å². The van der Waals surface area contributed by atoms with Crippen molar-refractivity contribution in [2.24, 2.45) is 0 Å². The van der Waals surface area contributed by atoms with Gasteiger partial charge < -0.3 is 5.73 Å². The molecule has 18 heavy (non-hydrogen) atoms. The fraction of sp³-hybridized carbons (Fsp3) is 0. The number of fused-ring (bicyclic) bond motifs is 1. The van der Waals surface area contributed by atoms with Crippen molar-refractivity contribution in [3.8, 4) is 11.3 Å². The van der Waals surface area contributed by atoms with Crippen LogP contribution in [0.15, 0.2) is 48.5 Å². The summed E-state index contributed by atoms with van der Waals surface area (Å²) >= 11 is 0. The fourth-order valence-corrected chi connectivity index (χ4v) is 1.96. The molecule has 0 aliphatic carbocycles. The number of aromatic nitrogens is 2. The molecule has 4 heteroatoms. The molecule has 3 rings (SSSR count). The highest BCUT2D eigenvalue weighted by atomic mass is 19.1. The summed E-state index contributed by atoms with van der Waals surface area (Å²) in [6.45, 7) is 0. The lowest BCUT2D eigenvalue weighted by atomic mass is 10.1. The molecule has 88 valence electrons. The third kappa shape index (κ3) is 1.68. The molecule has 0 saturated heterocycles. The van der Waals surface area contributed by atoms with E-state index in [9.17, 15) is 4.39 Å². The van der Waals surface area contributed by atoms with Gasteiger partial charge in [0.15, 0.2) is 0 Å². The largest absolute Gasteiger partial charge is 0.368 e. The number of benzene rings is 2. The molecule has 0 aliphatic heterocycles. The Kier molecular flexibility index (Phi) is 2.41. The number of nitrogens with zero attached hydrogens (tertiary/aromatic N) is 2. The summed E-state index contributed by atoms with van der Waals surface area (Å²) in [5.41, 5.74) is 7.53. The second kappa shape index (κ2) is 4.07. The summed E-state index contributed by atoms with van der Waals surface area (Å²) in [4.78, 5) is 8.21. The Bertz CT molecular complexity index is 711. The third-order valence-corrected chi connectivity index (χ3v) is 2.74. The van der Waals surface area contributed by atoms with Gasteiger partial charge in [0.05, 0.1) is 16.6 Å². The van der Waals surface area contributed by atoms with E-state index in [1.54, 1.807) is 12.1 Å². The van der Waals surface area contributed by atoms with Gasteiger partial charge in [0.2, 0.25) is 5.95 Å². The number of rotatable bonds is 1. The van der Waals surface area contributed by atoms with Crippen LogP contribution in [-0.4, -0.2) is 9.97 Å². The van der Waals surface area contributed by atoms with Gasteiger partial charge >= 0.3 is 0 Å². The Hall–Kier alpha value is -2.49. The summed E-state index contributed by atoms with van der Waals surface area (Å²) in [7, 11) is 0. The standard InChI is InChI=1S/C14H10FN3/c15-10-7-4-8-11-12(10)13(18-14(16)17-11)9-5-2-1-3-6-9/h1-8H,(H2,16,17,18). The lowest BCUT2D eigenvalue weighted by Gasteiger charge is -2.07. The summed E-state index contributed by atoms with van der Waals surface area (Å²) in [6.07, 6.45) is 0. The normalized spacial score (nSPS) is 10.7. The molecule has 0 radical (unpaired) electrons. The van der Waals surface area contributed by atoms with Crippen LogP contribution < -0.4 is 5.73 Å². The lowest BCUT2D eigenvalue weighted by Crippen LogP contribution is -1.99. The van der Waals surface area contributed by atoms with Crippen LogP contribution in [0.1, 0.15) is 0 Å². The number of anilines is 1. The molecule has 1 aromatic heterocycles. The molecule has 0 saturated carbocycles. The van der Waals surface area contributed by atoms with Gasteiger partial charge in [0.25, 0.3) is 0 Å². The van der Waals surface area contributed by atoms with Crippen LogP contribution in [0.2, 0.25) is 0 Å². The van der Waals surface area contributed by atoms with E-state index in [4.69, 9.17) is 5.73 Å². The molecule has 0 fully saturated rings. The van der Waals surface area contributed by atoms with Crippen molar-refractivity contribution in [2.75, 3.05) is 5.73 Å². The van der Waals surface area contributed by atoms with Gasteiger partial charge in [-0.2, -0.15) is 0 Å². The van der Waals surface area contributed by atoms with E-state index in [1.807, 2.05) is 30.3 Å². The first-order valence-electron chi connectivity index (χ1n) is 5.53. The predicted molar refractivity (Wildman–Crippen MR) is 69.3 cm³/mol. The first-order valence-corrected chi connectivity index (χ1v) is 5.53. The summed E-state index contributed by atoms with van der Waals surface area (Å²) < 4.78 is 13.9. The molecule has 3 nitrogen and oxygen atoms in total. The van der Waals surface area contributed by atoms with Crippen LogP contribution in [0.5, 0.6) is 0 Å². The van der Waals surface area contributed by atoms with E-state index in [1.165, 1.54) is 6.07 Å². The van der Waals surface area contributed by atoms with Crippen LogP contribution in [0.3, 0.4) is 0 Å². The Morgan fingerprint density at radius 2 is 1.67 bits per heavy atom. The van der Waals surface area contributed by atoms with Crippen molar-refractivity contribution < 1.29 is 4.39 Å². The Morgan fingerprint density at radius 3 is 2.44 bits per heavy atom. The zero-order chi connectivity index (χ0) is 12.5. The van der Waals surface area contributed by atoms with Crippen molar-refractivity contribution >= 4 is 16.9 Å². The third-order valence-electron chi connectivity index (χ3n) is 2.74. The van der Waals surface area contributed by atoms with Gasteiger partial charge in [-0.3, -0.25) is 0 Å². The van der Waals surface area contributed by atoms with Crippen molar-refractivity contribution in [1.82, 2.24) is 9.97 Å². The van der Waals surface area contributed by atoms with E-state index in [-0.39, 0.29) is 11.8 Å². The van der Waals surface area contributed by atoms with Crippen molar-refractivity contribution in [3.05, 3.63) is 54.3 Å². The molecule has 1 heterocycles. The minimum Gasteiger partial charge on any atom is -0.368 e. The first kappa shape index (κ1) is 10.7. The SMILES string of the molecule is Nc1nc(-c2ccccc2)c2c(F)cccc2n1. The molecular weight excluding hydrogens is 229 g/mol. The second-order valence-corrected chi connectivity index (χ2v) is 3.93. The lowest BCUT2D eigenvalue weighted by molar-refractivity contribution is 0.639. The number of nitrogens with two attached hydrogens (primary N) is 1. The van der Waals surface area contributed by atoms with E-state index < -0.39 is 0 Å². The van der Waals surface area contributed by atoms with Crippen molar-refractivity contribution in [2.45, 2.75) is 0 Å². The van der Waals surface area contributed by atoms with Crippen LogP contribution in [0, 0.1) is 5.82 Å². The average Bonchev–Trinajstić information content (AvgIpc) is 2.39. The van der Waals surface area contributed by atoms with E-state index in [0.29, 0.717) is 16.6 Å². The average molecular weight is 239 g/mol. The number of hydrogen-bond acceptors (Lipinski definition) is 3. The second-order valence-electron chi connectivity index (χ2n) is 3.93. The fourth-order valence-electron chi connectivity index (χ4n) is 1.96. The van der Waals surface area contributed by atoms with Crippen molar-refractivity contribution in [1.29, 1.82) is 0 Å². The maximum Gasteiger partial charge on any atom is 0.221 e. The monoisotopic (exact) mass is 239 g/mol. The van der Waals surface area contributed by atoms with Gasteiger partial charge in [-0.15, -0.1) is 0 Å². The van der Waals surface area contributed by atoms with E-state index >= 15 is 0 Å². The van der Waals surface area contributed by atoms with Crippen LogP contribution in [0.4, 0.5) is 10.3 Å². The number of nitrogen functional groups attached to an aromatic ring is 1. The molecule has 0 atom stereocenters. The molecule has 3 aromatic rings. The molecule has 2 aromatic carbocycles. The molecule has 0 aliphatic rings. The topological polar surface area (TPSA) is 51.8 Å². The van der Waals surface area contributed by atoms with Gasteiger partial charge in [-0.05, 0) is 12.1 Å². The molecule has 0 amide bonds. The highest BCUT2D eigenvalue weighted by molar-refractivity contribution is 5.93. The zero-order valence-electron chi connectivity index (χ0n) is 9.47. The summed E-state index contributed by atoms with van der Waals surface area (Å²) in [6, 6.07) is 14.1. The molecule has 2 N–H and O–H groups in total. The van der Waals surface area contributed by atoms with Crippen LogP contribution >= 0.6 is 0 Å². The summed E-state index contributed by atoms with van der Waals surface area (Å²) in [5.74, 6) is -0.196. The van der Waals surface area contributed by atoms with Gasteiger partial charge in [0.1, 0.15) is 5.82 Å². The highest BCUT2D eigenvalue weighted by Gasteiger charge is 2.11. The number of hydrogen-bond donors (Lipinski definition) is 1. The molecule has 0 unspecified atom stereocenters.